The average Bonchev–Trinajstić information content (AvgIpc) is 3.20. The van der Waals surface area contributed by atoms with Gasteiger partial charge in [0.15, 0.2) is 11.9 Å². The molecule has 1 aliphatic carbocycles. The zero-order chi connectivity index (χ0) is 19.8. The third kappa shape index (κ3) is 3.63. The van der Waals surface area contributed by atoms with Crippen molar-refractivity contribution in [3.63, 3.8) is 0 Å². The van der Waals surface area contributed by atoms with Crippen LogP contribution in [0.15, 0.2) is 35.5 Å². The number of nitrogens with zero attached hydrogens (tertiary/aromatic N) is 2. The van der Waals surface area contributed by atoms with Gasteiger partial charge in [-0.3, -0.25) is 9.59 Å². The van der Waals surface area contributed by atoms with Crippen LogP contribution in [-0.2, 0) is 11.2 Å². The average molecular weight is 400 g/mol. The summed E-state index contributed by atoms with van der Waals surface area (Å²) >= 11 is 1.65. The number of anilines is 1. The molecule has 1 amide bonds. The minimum atomic E-state index is -0.641. The molecule has 0 spiro atoms. The molecule has 0 saturated carbocycles. The molecule has 0 radical (unpaired) electrons. The van der Waals surface area contributed by atoms with Crippen LogP contribution in [0.25, 0.3) is 0 Å². The Morgan fingerprint density at radius 3 is 2.79 bits per heavy atom. The molecule has 0 N–H and O–H groups in total. The van der Waals surface area contributed by atoms with E-state index in [2.05, 4.69) is 18.8 Å². The van der Waals surface area contributed by atoms with Crippen molar-refractivity contribution in [3.05, 3.63) is 47.4 Å². The predicted molar refractivity (Wildman–Crippen MR) is 106 cm³/mol. The Morgan fingerprint density at radius 1 is 1.25 bits per heavy atom. The molecule has 146 valence electrons. The topological polar surface area (TPSA) is 59.5 Å². The van der Waals surface area contributed by atoms with E-state index in [0.717, 1.165) is 5.03 Å². The van der Waals surface area contributed by atoms with Crippen LogP contribution in [0.4, 0.5) is 10.1 Å². The van der Waals surface area contributed by atoms with Gasteiger partial charge in [0.2, 0.25) is 0 Å². The number of carbonyl (C=O) groups is 2. The first-order valence-electron chi connectivity index (χ1n) is 9.38. The molecule has 1 aliphatic heterocycles. The second kappa shape index (κ2) is 7.54. The van der Waals surface area contributed by atoms with Gasteiger partial charge in [0, 0.05) is 35.9 Å². The number of carbonyl (C=O) groups excluding carboxylic acids is 2. The van der Waals surface area contributed by atoms with Crippen LogP contribution in [0.3, 0.4) is 0 Å². The number of fused-ring (bicyclic) bond motifs is 1. The maximum Gasteiger partial charge on any atom is 0.268 e. The van der Waals surface area contributed by atoms with Crippen molar-refractivity contribution in [1.82, 2.24) is 4.98 Å². The molecule has 5 nitrogen and oxygen atoms in total. The van der Waals surface area contributed by atoms with Crippen LogP contribution in [0, 0.1) is 5.82 Å². The van der Waals surface area contributed by atoms with E-state index in [0.29, 0.717) is 53.6 Å². The summed E-state index contributed by atoms with van der Waals surface area (Å²) < 4.78 is 20.2. The van der Waals surface area contributed by atoms with Gasteiger partial charge in [0.1, 0.15) is 11.6 Å². The number of ketones is 1. The van der Waals surface area contributed by atoms with Gasteiger partial charge in [-0.15, -0.1) is 11.8 Å². The van der Waals surface area contributed by atoms with Gasteiger partial charge < -0.3 is 9.64 Å². The Hall–Kier alpha value is -2.41. The van der Waals surface area contributed by atoms with Crippen molar-refractivity contribution in [2.24, 2.45) is 0 Å². The van der Waals surface area contributed by atoms with E-state index >= 15 is 0 Å². The predicted octanol–water partition coefficient (Wildman–Crippen LogP) is 4.03. The lowest BCUT2D eigenvalue weighted by molar-refractivity contribution is -0.122. The van der Waals surface area contributed by atoms with E-state index in [1.807, 2.05) is 6.07 Å². The van der Waals surface area contributed by atoms with Gasteiger partial charge >= 0.3 is 0 Å². The maximum atomic E-state index is 14.3. The number of pyridine rings is 1. The number of hydrogen-bond donors (Lipinski definition) is 0. The van der Waals surface area contributed by atoms with Crippen LogP contribution in [0.1, 0.15) is 42.6 Å². The molecule has 4 rings (SSSR count). The van der Waals surface area contributed by atoms with Gasteiger partial charge in [0.05, 0.1) is 11.2 Å². The SMILES string of the molecule is CC(C)Sc1ccc(O[C@@H]2CCN(c3cc(F)c4c(c3)C(=O)CC4)C2=O)cn1. The van der Waals surface area contributed by atoms with E-state index in [1.165, 1.54) is 11.0 Å². The monoisotopic (exact) mass is 400 g/mol. The summed E-state index contributed by atoms with van der Waals surface area (Å²) in [6, 6.07) is 6.66. The fourth-order valence-electron chi connectivity index (χ4n) is 3.59. The first-order valence-corrected chi connectivity index (χ1v) is 10.3. The molecule has 2 aliphatic rings. The van der Waals surface area contributed by atoms with Crippen molar-refractivity contribution in [2.75, 3.05) is 11.4 Å². The number of benzene rings is 1. The summed E-state index contributed by atoms with van der Waals surface area (Å²) in [6.07, 6.45) is 2.23. The normalized spacial score (nSPS) is 18.9. The van der Waals surface area contributed by atoms with Gasteiger partial charge in [0.25, 0.3) is 5.91 Å². The standard InChI is InChI=1S/C21H21FN2O3S/c1-12(2)28-20-6-3-14(11-23-20)27-19-7-8-24(21(19)26)13-9-16-15(17(22)10-13)4-5-18(16)25/h3,6,9-12,19H,4-5,7-8H2,1-2H3/t19-/m1/s1. The fourth-order valence-corrected chi connectivity index (χ4v) is 4.33. The number of ether oxygens (including phenoxy) is 1. The summed E-state index contributed by atoms with van der Waals surface area (Å²) in [4.78, 5) is 30.6. The van der Waals surface area contributed by atoms with E-state index < -0.39 is 11.9 Å². The first-order chi connectivity index (χ1) is 13.4. The summed E-state index contributed by atoms with van der Waals surface area (Å²) in [5, 5.41) is 1.34. The van der Waals surface area contributed by atoms with Crippen LogP contribution in [-0.4, -0.2) is 34.6 Å². The number of Topliss-reactive ketones (excluding diaryl/α,β-unsaturated/α-hetero) is 1. The lowest BCUT2D eigenvalue weighted by Gasteiger charge is -2.18. The quantitative estimate of drug-likeness (QED) is 0.709. The van der Waals surface area contributed by atoms with Gasteiger partial charge in [-0.2, -0.15) is 0 Å². The Morgan fingerprint density at radius 2 is 2.07 bits per heavy atom. The highest BCUT2D eigenvalue weighted by atomic mass is 32.2. The highest BCUT2D eigenvalue weighted by Gasteiger charge is 2.36. The maximum absolute atomic E-state index is 14.3. The van der Waals surface area contributed by atoms with E-state index in [9.17, 15) is 14.0 Å². The Kier molecular flexibility index (Phi) is 5.10. The molecule has 0 bridgehead atoms. The number of hydrogen-bond acceptors (Lipinski definition) is 5. The number of aromatic nitrogens is 1. The summed E-state index contributed by atoms with van der Waals surface area (Å²) in [5.74, 6) is -0.187. The Balaban J connectivity index is 1.48. The van der Waals surface area contributed by atoms with Crippen molar-refractivity contribution in [2.45, 2.75) is 49.5 Å². The third-order valence-corrected chi connectivity index (χ3v) is 5.85. The largest absolute Gasteiger partial charge is 0.479 e. The third-order valence-electron chi connectivity index (χ3n) is 4.89. The molecule has 1 aromatic carbocycles. The molecule has 7 heteroatoms. The van der Waals surface area contributed by atoms with E-state index in [1.54, 1.807) is 30.1 Å². The lowest BCUT2D eigenvalue weighted by atomic mass is 10.1. The van der Waals surface area contributed by atoms with Gasteiger partial charge in [-0.1, -0.05) is 13.8 Å². The van der Waals surface area contributed by atoms with Crippen LogP contribution >= 0.6 is 11.8 Å². The van der Waals surface area contributed by atoms with E-state index in [-0.39, 0.29) is 11.7 Å². The second-order valence-corrected chi connectivity index (χ2v) is 8.86. The molecule has 0 unspecified atom stereocenters. The van der Waals surface area contributed by atoms with Gasteiger partial charge in [-0.05, 0) is 36.2 Å². The summed E-state index contributed by atoms with van der Waals surface area (Å²) in [7, 11) is 0. The fraction of sp³-hybridized carbons (Fsp3) is 0.381. The second-order valence-electron chi connectivity index (χ2n) is 7.26. The van der Waals surface area contributed by atoms with Crippen LogP contribution < -0.4 is 9.64 Å². The van der Waals surface area contributed by atoms with Crippen LogP contribution in [0.5, 0.6) is 5.75 Å². The molecule has 2 heterocycles. The first kappa shape index (κ1) is 18.9. The smallest absolute Gasteiger partial charge is 0.268 e. The Bertz CT molecular complexity index is 930. The molecule has 1 fully saturated rings. The number of thioether (sulfide) groups is 1. The van der Waals surface area contributed by atoms with Gasteiger partial charge in [-0.25, -0.2) is 9.37 Å². The molecule has 1 aromatic heterocycles. The molecule has 28 heavy (non-hydrogen) atoms. The minimum Gasteiger partial charge on any atom is -0.479 e. The molecule has 1 saturated heterocycles. The van der Waals surface area contributed by atoms with Crippen LogP contribution in [0.2, 0.25) is 0 Å². The highest BCUT2D eigenvalue weighted by Crippen LogP contribution is 2.32. The lowest BCUT2D eigenvalue weighted by Crippen LogP contribution is -2.32. The highest BCUT2D eigenvalue weighted by molar-refractivity contribution is 7.99. The molecule has 2 aromatic rings. The summed E-state index contributed by atoms with van der Waals surface area (Å²) in [6.45, 7) is 4.61. The number of rotatable bonds is 5. The van der Waals surface area contributed by atoms with Crippen molar-refractivity contribution in [3.8, 4) is 5.75 Å². The number of halogens is 1. The zero-order valence-corrected chi connectivity index (χ0v) is 16.6. The van der Waals surface area contributed by atoms with Crippen molar-refractivity contribution >= 4 is 29.1 Å². The molecular formula is C21H21FN2O3S. The minimum absolute atomic E-state index is 0.0689. The van der Waals surface area contributed by atoms with E-state index in [4.69, 9.17) is 4.74 Å². The zero-order valence-electron chi connectivity index (χ0n) is 15.8. The molecular weight excluding hydrogens is 379 g/mol. The number of amides is 1. The van der Waals surface area contributed by atoms with Crippen molar-refractivity contribution < 1.29 is 18.7 Å². The van der Waals surface area contributed by atoms with Crippen molar-refractivity contribution in [1.29, 1.82) is 0 Å². The summed E-state index contributed by atoms with van der Waals surface area (Å²) in [5.41, 5.74) is 1.28. The molecule has 1 atom stereocenters. The Labute approximate surface area is 167 Å².